The standard InChI is InChI=1S/C19H14Br2N2O6S/c20-14-5-10(7-18(26)27)6-15(21)19(14)30(28,29)13-2-3-16(24)11(9-13)8-12-1-4-17(25)23-22-12/h1-6,9,24H,7-8H2,(H,23,25)(H,26,27). The monoisotopic (exact) mass is 556 g/mol. The van der Waals surface area contributed by atoms with Gasteiger partial charge in [0.1, 0.15) is 10.6 Å². The van der Waals surface area contributed by atoms with E-state index in [1.54, 1.807) is 0 Å². The number of hydrogen-bond acceptors (Lipinski definition) is 7. The van der Waals surface area contributed by atoms with E-state index in [1.165, 1.54) is 42.5 Å². The molecule has 0 saturated heterocycles. The molecule has 0 aliphatic rings. The quantitative estimate of drug-likeness (QED) is 0.419. The van der Waals surface area contributed by atoms with Crippen molar-refractivity contribution < 1.29 is 28.5 Å². The Kier molecular flexibility index (Phi) is 6.44. The summed E-state index contributed by atoms with van der Waals surface area (Å²) in [7, 11) is -4.01. The fourth-order valence-corrected chi connectivity index (χ4v) is 6.75. The van der Waals surface area contributed by atoms with Gasteiger partial charge in [0.15, 0.2) is 0 Å². The molecule has 0 radical (unpaired) electrons. The molecule has 0 amide bonds. The second-order valence-corrected chi connectivity index (χ2v) is 9.91. The molecule has 3 rings (SSSR count). The predicted molar refractivity (Wildman–Crippen MR) is 113 cm³/mol. The van der Waals surface area contributed by atoms with Crippen molar-refractivity contribution >= 4 is 47.7 Å². The maximum absolute atomic E-state index is 13.3. The molecule has 0 spiro atoms. The highest BCUT2D eigenvalue weighted by molar-refractivity contribution is 9.11. The molecule has 0 bridgehead atoms. The van der Waals surface area contributed by atoms with Crippen LogP contribution in [0.4, 0.5) is 0 Å². The molecule has 3 N–H and O–H groups in total. The number of hydrogen-bond donors (Lipinski definition) is 3. The van der Waals surface area contributed by atoms with Crippen molar-refractivity contribution in [1.82, 2.24) is 10.2 Å². The van der Waals surface area contributed by atoms with Crippen molar-refractivity contribution in [3.05, 3.63) is 68.2 Å². The van der Waals surface area contributed by atoms with E-state index in [0.717, 1.165) is 0 Å². The van der Waals surface area contributed by atoms with Gasteiger partial charge in [-0.1, -0.05) is 0 Å². The molecule has 2 aromatic carbocycles. The first-order chi connectivity index (χ1) is 14.1. The van der Waals surface area contributed by atoms with Crippen LogP contribution in [0, 0.1) is 0 Å². The molecular weight excluding hydrogens is 544 g/mol. The molecule has 0 unspecified atom stereocenters. The van der Waals surface area contributed by atoms with Crippen molar-refractivity contribution in [3.63, 3.8) is 0 Å². The fraction of sp³-hybridized carbons (Fsp3) is 0.105. The molecule has 1 aromatic heterocycles. The first-order valence-corrected chi connectivity index (χ1v) is 11.4. The zero-order valence-corrected chi connectivity index (χ0v) is 19.1. The molecule has 0 aliphatic heterocycles. The Hall–Kier alpha value is -2.50. The minimum atomic E-state index is -4.01. The minimum Gasteiger partial charge on any atom is -0.508 e. The van der Waals surface area contributed by atoms with Crippen LogP contribution in [-0.2, 0) is 27.5 Å². The smallest absolute Gasteiger partial charge is 0.307 e. The highest BCUT2D eigenvalue weighted by Crippen LogP contribution is 2.36. The number of aromatic hydroxyl groups is 2. The van der Waals surface area contributed by atoms with Gasteiger partial charge in [-0.3, -0.25) is 4.79 Å². The van der Waals surface area contributed by atoms with Gasteiger partial charge in [0.2, 0.25) is 15.7 Å². The predicted octanol–water partition coefficient (Wildman–Crippen LogP) is 3.46. The van der Waals surface area contributed by atoms with Crippen molar-refractivity contribution in [1.29, 1.82) is 0 Å². The lowest BCUT2D eigenvalue weighted by molar-refractivity contribution is -0.136. The van der Waals surface area contributed by atoms with Crippen LogP contribution in [0.2, 0.25) is 0 Å². The molecule has 3 aromatic rings. The first kappa shape index (κ1) is 22.2. The number of rotatable bonds is 6. The Morgan fingerprint density at radius 2 is 1.63 bits per heavy atom. The van der Waals surface area contributed by atoms with E-state index in [2.05, 4.69) is 42.1 Å². The number of carboxylic acid groups (broad SMARTS) is 1. The van der Waals surface area contributed by atoms with Crippen LogP contribution in [0.3, 0.4) is 0 Å². The van der Waals surface area contributed by atoms with Gasteiger partial charge in [0.05, 0.1) is 17.0 Å². The summed E-state index contributed by atoms with van der Waals surface area (Å²) in [5.74, 6) is -1.40. The summed E-state index contributed by atoms with van der Waals surface area (Å²) in [5, 5.41) is 35.7. The Morgan fingerprint density at radius 3 is 2.20 bits per heavy atom. The van der Waals surface area contributed by atoms with Gasteiger partial charge in [-0.15, -0.1) is 5.10 Å². The summed E-state index contributed by atoms with van der Waals surface area (Å²) in [5.41, 5.74) is 1.17. The third-order valence-electron chi connectivity index (χ3n) is 4.12. The average molecular weight is 558 g/mol. The van der Waals surface area contributed by atoms with Gasteiger partial charge >= 0.3 is 5.97 Å². The Bertz CT molecular complexity index is 1210. The molecule has 11 heteroatoms. The van der Waals surface area contributed by atoms with Crippen LogP contribution in [0.15, 0.2) is 61.2 Å². The number of aromatic nitrogens is 2. The van der Waals surface area contributed by atoms with Gasteiger partial charge in [-0.25, -0.2) is 8.42 Å². The van der Waals surface area contributed by atoms with Gasteiger partial charge in [-0.2, -0.15) is 5.10 Å². The molecule has 0 saturated carbocycles. The zero-order valence-electron chi connectivity index (χ0n) is 15.1. The highest BCUT2D eigenvalue weighted by Gasteiger charge is 2.25. The number of phenols is 1. The number of halogens is 2. The van der Waals surface area contributed by atoms with Crippen LogP contribution >= 0.6 is 31.9 Å². The number of carboxylic acids is 1. The van der Waals surface area contributed by atoms with E-state index in [-0.39, 0.29) is 43.2 Å². The molecule has 156 valence electrons. The van der Waals surface area contributed by atoms with Gasteiger partial charge in [-0.05, 0) is 73.8 Å². The van der Waals surface area contributed by atoms with Crippen molar-refractivity contribution in [2.24, 2.45) is 0 Å². The van der Waals surface area contributed by atoms with E-state index in [0.29, 0.717) is 16.8 Å². The zero-order chi connectivity index (χ0) is 22.1. The third kappa shape index (κ3) is 4.79. The highest BCUT2D eigenvalue weighted by atomic mass is 79.9. The molecular formula is C19H14Br2N2O6S. The first-order valence-electron chi connectivity index (χ1n) is 8.36. The molecule has 0 fully saturated rings. The molecule has 0 atom stereocenters. The molecule has 0 aliphatic carbocycles. The fourth-order valence-electron chi connectivity index (χ4n) is 2.78. The summed E-state index contributed by atoms with van der Waals surface area (Å²) in [4.78, 5) is 10.8. The van der Waals surface area contributed by atoms with E-state index < -0.39 is 15.8 Å². The minimum absolute atomic E-state index is 0.0577. The molecule has 8 nitrogen and oxygen atoms in total. The lowest BCUT2D eigenvalue weighted by Crippen LogP contribution is -2.07. The summed E-state index contributed by atoms with van der Waals surface area (Å²) in [6.45, 7) is 0. The number of phenolic OH excluding ortho intramolecular Hbond substituents is 1. The average Bonchev–Trinajstić information content (AvgIpc) is 2.63. The van der Waals surface area contributed by atoms with E-state index in [9.17, 15) is 23.4 Å². The topological polar surface area (TPSA) is 138 Å². The van der Waals surface area contributed by atoms with Crippen molar-refractivity contribution in [3.8, 4) is 11.6 Å². The summed E-state index contributed by atoms with van der Waals surface area (Å²) < 4.78 is 26.9. The second kappa shape index (κ2) is 8.70. The number of benzene rings is 2. The number of sulfone groups is 1. The van der Waals surface area contributed by atoms with Crippen LogP contribution in [0.25, 0.3) is 0 Å². The summed E-state index contributed by atoms with van der Waals surface area (Å²) in [6, 6.07) is 9.63. The van der Waals surface area contributed by atoms with Gasteiger partial charge in [0, 0.05) is 27.0 Å². The maximum Gasteiger partial charge on any atom is 0.307 e. The Balaban J connectivity index is 2.02. The van der Waals surface area contributed by atoms with E-state index in [1.807, 2.05) is 0 Å². The SMILES string of the molecule is O=C(O)Cc1cc(Br)c(S(=O)(=O)c2ccc(O)c(Cc3ccc(O)nn3)c2)c(Br)c1. The van der Waals surface area contributed by atoms with Crippen LogP contribution in [0.1, 0.15) is 16.8 Å². The van der Waals surface area contributed by atoms with Gasteiger partial charge in [0.25, 0.3) is 0 Å². The van der Waals surface area contributed by atoms with Crippen molar-refractivity contribution in [2.75, 3.05) is 0 Å². The summed E-state index contributed by atoms with van der Waals surface area (Å²) >= 11 is 6.44. The summed E-state index contributed by atoms with van der Waals surface area (Å²) in [6.07, 6.45) is -0.156. The third-order valence-corrected chi connectivity index (χ3v) is 7.75. The van der Waals surface area contributed by atoms with Crippen LogP contribution in [-0.4, -0.2) is 39.9 Å². The molecule has 1 heterocycles. The maximum atomic E-state index is 13.3. The van der Waals surface area contributed by atoms with Gasteiger partial charge < -0.3 is 15.3 Å². The Labute approximate surface area is 188 Å². The second-order valence-electron chi connectivity index (χ2n) is 6.31. The van der Waals surface area contributed by atoms with Crippen LogP contribution < -0.4 is 0 Å². The number of aliphatic carboxylic acids is 1. The largest absolute Gasteiger partial charge is 0.508 e. The lowest BCUT2D eigenvalue weighted by Gasteiger charge is -2.13. The normalized spacial score (nSPS) is 11.4. The van der Waals surface area contributed by atoms with E-state index in [4.69, 9.17) is 5.11 Å². The molecule has 30 heavy (non-hydrogen) atoms. The lowest BCUT2D eigenvalue weighted by atomic mass is 10.1. The van der Waals surface area contributed by atoms with Crippen LogP contribution in [0.5, 0.6) is 11.6 Å². The van der Waals surface area contributed by atoms with Crippen molar-refractivity contribution in [2.45, 2.75) is 22.6 Å². The number of carbonyl (C=O) groups is 1. The Morgan fingerprint density at radius 1 is 0.967 bits per heavy atom. The number of nitrogens with zero attached hydrogens (tertiary/aromatic N) is 2. The van der Waals surface area contributed by atoms with E-state index >= 15 is 0 Å².